The third-order valence-corrected chi connectivity index (χ3v) is 8.10. The molecule has 0 amide bonds. The van der Waals surface area contributed by atoms with Crippen molar-refractivity contribution in [2.75, 3.05) is 23.0 Å². The molecular formula is C24H20F5N5O3S. The first-order valence-corrected chi connectivity index (χ1v) is 13.2. The van der Waals surface area contributed by atoms with E-state index in [1.807, 2.05) is 30.3 Å². The number of anilines is 1. The summed E-state index contributed by atoms with van der Waals surface area (Å²) in [5.74, 6) is -5.58. The van der Waals surface area contributed by atoms with Crippen LogP contribution in [0.25, 0.3) is 22.3 Å². The van der Waals surface area contributed by atoms with Crippen LogP contribution in [0.4, 0.5) is 27.9 Å². The van der Waals surface area contributed by atoms with Crippen molar-refractivity contribution >= 4 is 26.8 Å². The summed E-state index contributed by atoms with van der Waals surface area (Å²) in [6.45, 7) is 0.117. The first-order valence-electron chi connectivity index (χ1n) is 11.3. The van der Waals surface area contributed by atoms with Crippen LogP contribution >= 0.6 is 0 Å². The maximum Gasteiger partial charge on any atom is 0.419 e. The fourth-order valence-corrected chi connectivity index (χ4v) is 6.10. The second kappa shape index (κ2) is 9.19. The lowest BCUT2D eigenvalue weighted by atomic mass is 10.0. The molecule has 2 aromatic heterocycles. The van der Waals surface area contributed by atoms with Gasteiger partial charge in [-0.1, -0.05) is 30.3 Å². The molecule has 1 aliphatic heterocycles. The highest BCUT2D eigenvalue weighted by molar-refractivity contribution is 7.91. The normalized spacial score (nSPS) is 17.7. The fraction of sp³-hybridized carbons (Fsp3) is 0.292. The Labute approximate surface area is 213 Å². The summed E-state index contributed by atoms with van der Waals surface area (Å²) in [4.78, 5) is 10.5. The third-order valence-electron chi connectivity index (χ3n) is 6.41. The predicted molar refractivity (Wildman–Crippen MR) is 128 cm³/mol. The molecule has 1 aliphatic rings. The van der Waals surface area contributed by atoms with Gasteiger partial charge in [0.15, 0.2) is 32.9 Å². The molecule has 2 aromatic carbocycles. The molecule has 0 saturated carbocycles. The Morgan fingerprint density at radius 2 is 1.84 bits per heavy atom. The van der Waals surface area contributed by atoms with Gasteiger partial charge in [0.25, 0.3) is 0 Å². The quantitative estimate of drug-likeness (QED) is 0.383. The van der Waals surface area contributed by atoms with Crippen LogP contribution < -0.4 is 4.90 Å². The zero-order chi connectivity index (χ0) is 27.4. The summed E-state index contributed by atoms with van der Waals surface area (Å²) >= 11 is 0. The van der Waals surface area contributed by atoms with Crippen LogP contribution in [0.3, 0.4) is 0 Å². The van der Waals surface area contributed by atoms with Gasteiger partial charge in [-0.2, -0.15) is 23.3 Å². The molecule has 14 heteroatoms. The number of aryl methyl sites for hydroxylation is 1. The minimum atomic E-state index is -5.19. The number of phenolic OH excluding ortho intramolecular Hbond substituents is 1. The fourth-order valence-electron chi connectivity index (χ4n) is 4.57. The Kier molecular flexibility index (Phi) is 6.24. The summed E-state index contributed by atoms with van der Waals surface area (Å²) in [5, 5.41) is 13.8. The Morgan fingerprint density at radius 1 is 1.13 bits per heavy atom. The van der Waals surface area contributed by atoms with Crippen molar-refractivity contribution in [1.29, 1.82) is 0 Å². The smallest absolute Gasteiger partial charge is 0.419 e. The molecule has 1 fully saturated rings. The van der Waals surface area contributed by atoms with E-state index in [1.54, 1.807) is 4.90 Å². The van der Waals surface area contributed by atoms with Crippen LogP contribution in [0.15, 0.2) is 42.6 Å². The Morgan fingerprint density at radius 3 is 2.53 bits per heavy atom. The van der Waals surface area contributed by atoms with Gasteiger partial charge in [-0.25, -0.2) is 26.9 Å². The number of fused-ring (bicyclic) bond motifs is 1. The lowest BCUT2D eigenvalue weighted by Crippen LogP contribution is -2.50. The zero-order valence-corrected chi connectivity index (χ0v) is 20.6. The highest BCUT2D eigenvalue weighted by Gasteiger charge is 2.38. The van der Waals surface area contributed by atoms with Crippen molar-refractivity contribution in [3.8, 4) is 17.0 Å². The number of benzene rings is 2. The predicted octanol–water partition coefficient (Wildman–Crippen LogP) is 3.88. The molecule has 0 spiro atoms. The minimum Gasteiger partial charge on any atom is -0.503 e. The second-order valence-electron chi connectivity index (χ2n) is 8.98. The average Bonchev–Trinajstić information content (AvgIpc) is 3.17. The molecule has 8 nitrogen and oxygen atoms in total. The summed E-state index contributed by atoms with van der Waals surface area (Å²) in [7, 11) is -1.88. The van der Waals surface area contributed by atoms with Crippen molar-refractivity contribution in [1.82, 2.24) is 19.7 Å². The Balaban J connectivity index is 1.58. The lowest BCUT2D eigenvalue weighted by Gasteiger charge is -2.35. The minimum absolute atomic E-state index is 0.0542. The number of sulfone groups is 1. The van der Waals surface area contributed by atoms with Gasteiger partial charge in [0.05, 0.1) is 22.5 Å². The molecule has 0 aliphatic carbocycles. The van der Waals surface area contributed by atoms with Crippen molar-refractivity contribution in [3.05, 3.63) is 65.4 Å². The average molecular weight is 554 g/mol. The number of hydrogen-bond acceptors (Lipinski definition) is 7. The first-order chi connectivity index (χ1) is 17.9. The lowest BCUT2D eigenvalue weighted by molar-refractivity contribution is -0.140. The van der Waals surface area contributed by atoms with Crippen molar-refractivity contribution in [2.45, 2.75) is 18.6 Å². The molecule has 1 N–H and O–H groups in total. The number of halogens is 5. The van der Waals surface area contributed by atoms with Gasteiger partial charge >= 0.3 is 6.18 Å². The van der Waals surface area contributed by atoms with E-state index in [1.165, 1.54) is 17.9 Å². The van der Waals surface area contributed by atoms with E-state index >= 15 is 0 Å². The van der Waals surface area contributed by atoms with Crippen LogP contribution in [-0.4, -0.2) is 57.4 Å². The van der Waals surface area contributed by atoms with Crippen molar-refractivity contribution < 1.29 is 35.5 Å². The molecule has 5 rings (SSSR count). The van der Waals surface area contributed by atoms with Crippen LogP contribution in [0.5, 0.6) is 5.75 Å². The molecular weight excluding hydrogens is 533 g/mol. The van der Waals surface area contributed by atoms with Gasteiger partial charge in [-0.15, -0.1) is 0 Å². The van der Waals surface area contributed by atoms with Gasteiger partial charge in [0.1, 0.15) is 5.69 Å². The van der Waals surface area contributed by atoms with Crippen LogP contribution in [-0.2, 0) is 29.5 Å². The van der Waals surface area contributed by atoms with Gasteiger partial charge in [-0.3, -0.25) is 0 Å². The van der Waals surface area contributed by atoms with Crippen LogP contribution in [0, 0.1) is 11.6 Å². The number of alkyl halides is 3. The highest BCUT2D eigenvalue weighted by atomic mass is 32.2. The summed E-state index contributed by atoms with van der Waals surface area (Å²) in [6.07, 6.45) is -3.56. The van der Waals surface area contributed by atoms with E-state index in [0.29, 0.717) is 6.42 Å². The van der Waals surface area contributed by atoms with Crippen molar-refractivity contribution in [2.24, 2.45) is 7.05 Å². The maximum absolute atomic E-state index is 14.7. The number of hydrogen-bond donors (Lipinski definition) is 1. The first kappa shape index (κ1) is 25.8. The molecule has 1 atom stereocenters. The second-order valence-corrected chi connectivity index (χ2v) is 11.2. The highest BCUT2D eigenvalue weighted by Crippen LogP contribution is 2.41. The van der Waals surface area contributed by atoms with E-state index < -0.39 is 50.6 Å². The molecule has 200 valence electrons. The Hall–Kier alpha value is -3.81. The molecule has 0 radical (unpaired) electrons. The van der Waals surface area contributed by atoms with E-state index in [0.717, 1.165) is 5.56 Å². The zero-order valence-electron chi connectivity index (χ0n) is 19.7. The molecule has 4 aromatic rings. The maximum atomic E-state index is 14.7. The van der Waals surface area contributed by atoms with E-state index in [4.69, 9.17) is 0 Å². The van der Waals surface area contributed by atoms with E-state index in [9.17, 15) is 35.5 Å². The number of aromatic nitrogens is 4. The number of phenols is 1. The van der Waals surface area contributed by atoms with E-state index in [-0.39, 0.29) is 46.8 Å². The summed E-state index contributed by atoms with van der Waals surface area (Å²) in [6, 6.07) is 9.03. The van der Waals surface area contributed by atoms with Gasteiger partial charge in [0, 0.05) is 31.4 Å². The summed E-state index contributed by atoms with van der Waals surface area (Å²) < 4.78 is 94.6. The monoisotopic (exact) mass is 553 g/mol. The SMILES string of the molecule is Cn1nc(-c2cc(C(F)(F)F)c(F)c(O)c2F)c2cnc(N3CCS(=O)(=O)C[C@H]3Cc3ccccc3)nc21. The Bertz CT molecular complexity index is 1640. The largest absolute Gasteiger partial charge is 0.503 e. The van der Waals surface area contributed by atoms with Crippen LogP contribution in [0.2, 0.25) is 0 Å². The molecule has 38 heavy (non-hydrogen) atoms. The topological polar surface area (TPSA) is 101 Å². The molecule has 3 heterocycles. The molecule has 0 unspecified atom stereocenters. The number of aromatic hydroxyl groups is 1. The number of rotatable bonds is 4. The summed E-state index contributed by atoms with van der Waals surface area (Å²) in [5.41, 5.74) is -1.91. The van der Waals surface area contributed by atoms with Crippen LogP contribution in [0.1, 0.15) is 11.1 Å². The van der Waals surface area contributed by atoms with Gasteiger partial charge in [-0.05, 0) is 18.1 Å². The van der Waals surface area contributed by atoms with E-state index in [2.05, 4.69) is 15.1 Å². The van der Waals surface area contributed by atoms with Gasteiger partial charge in [0.2, 0.25) is 5.95 Å². The van der Waals surface area contributed by atoms with Crippen molar-refractivity contribution in [3.63, 3.8) is 0 Å². The number of nitrogens with zero attached hydrogens (tertiary/aromatic N) is 5. The third kappa shape index (κ3) is 4.64. The van der Waals surface area contributed by atoms with Gasteiger partial charge < -0.3 is 10.0 Å². The molecule has 1 saturated heterocycles. The molecule has 0 bridgehead atoms. The standard InChI is InChI=1S/C24H20F5N5O3S/c1-33-22-16(20(32-33)15-10-17(24(27,28)29)19(26)21(35)18(15)25)11-30-23(31-22)34-7-8-38(36,37)12-14(34)9-13-5-3-2-4-6-13/h2-6,10-11,14,35H,7-9,12H2,1H3/t14-/m1/s1.